The van der Waals surface area contributed by atoms with E-state index in [1.807, 2.05) is 0 Å². The topological polar surface area (TPSA) is 0 Å². The van der Waals surface area contributed by atoms with Crippen LogP contribution in [0.4, 0.5) is 0 Å². The molecule has 0 saturated heterocycles. The van der Waals surface area contributed by atoms with Crippen LogP contribution >= 0.6 is 0 Å². The molecule has 140 valence electrons. The van der Waals surface area contributed by atoms with E-state index in [4.69, 9.17) is 0 Å². The van der Waals surface area contributed by atoms with Crippen LogP contribution in [-0.4, -0.2) is 0 Å². The first-order valence-electron chi connectivity index (χ1n) is 9.88. The van der Waals surface area contributed by atoms with E-state index in [0.29, 0.717) is 0 Å². The van der Waals surface area contributed by atoms with Crippen LogP contribution in [0.1, 0.15) is 61.1 Å². The lowest BCUT2D eigenvalue weighted by Gasteiger charge is -2.26. The van der Waals surface area contributed by atoms with Gasteiger partial charge in [0.2, 0.25) is 0 Å². The third-order valence-corrected chi connectivity index (χ3v) is 5.41. The Morgan fingerprint density at radius 1 is 0.667 bits per heavy atom. The van der Waals surface area contributed by atoms with E-state index >= 15 is 0 Å². The number of rotatable bonds is 2. The number of allylic oxidation sites excluding steroid dienone is 5. The lowest BCUT2D eigenvalue weighted by Crippen LogP contribution is -2.11. The van der Waals surface area contributed by atoms with E-state index < -0.39 is 0 Å². The van der Waals surface area contributed by atoms with Crippen LogP contribution in [0.2, 0.25) is 0 Å². The Balaban J connectivity index is 2.40. The first-order valence-corrected chi connectivity index (χ1v) is 9.88. The maximum Gasteiger partial charge on any atom is -0.00305 e. The van der Waals surface area contributed by atoms with Crippen LogP contribution in [0.3, 0.4) is 0 Å². The highest BCUT2D eigenvalue weighted by Gasteiger charge is 2.27. The number of hydrogen-bond acceptors (Lipinski definition) is 0. The minimum absolute atomic E-state index is 0.103. The molecular formula is C27H32. The molecule has 0 radical (unpaired) electrons. The third kappa shape index (κ3) is 3.86. The molecule has 27 heavy (non-hydrogen) atoms. The summed E-state index contributed by atoms with van der Waals surface area (Å²) in [5, 5.41) is 0. The van der Waals surface area contributed by atoms with Gasteiger partial charge in [0.15, 0.2) is 0 Å². The van der Waals surface area contributed by atoms with Crippen LogP contribution in [0.25, 0.3) is 5.57 Å². The zero-order valence-electron chi connectivity index (χ0n) is 18.1. The Labute approximate surface area is 165 Å². The van der Waals surface area contributed by atoms with Gasteiger partial charge in [-0.05, 0) is 79.0 Å². The van der Waals surface area contributed by atoms with Gasteiger partial charge in [-0.25, -0.2) is 0 Å². The molecule has 0 heterocycles. The summed E-state index contributed by atoms with van der Waals surface area (Å²) in [6, 6.07) is 13.7. The van der Waals surface area contributed by atoms with Crippen LogP contribution in [-0.2, 0) is 0 Å². The van der Waals surface area contributed by atoms with Crippen LogP contribution in [0, 0.1) is 33.1 Å². The van der Waals surface area contributed by atoms with Crippen molar-refractivity contribution in [3.05, 3.63) is 98.7 Å². The van der Waals surface area contributed by atoms with Crippen LogP contribution in [0.15, 0.2) is 65.3 Å². The van der Waals surface area contributed by atoms with Crippen molar-refractivity contribution in [1.29, 1.82) is 0 Å². The smallest absolute Gasteiger partial charge is 0.00305 e. The predicted molar refractivity (Wildman–Crippen MR) is 119 cm³/mol. The molecule has 1 aliphatic rings. The Hall–Kier alpha value is -2.34. The zero-order valence-corrected chi connectivity index (χ0v) is 18.1. The summed E-state index contributed by atoms with van der Waals surface area (Å²) >= 11 is 0. The monoisotopic (exact) mass is 356 g/mol. The molecule has 2 aromatic carbocycles. The summed E-state index contributed by atoms with van der Waals surface area (Å²) in [5.74, 6) is 0. The molecule has 0 aliphatic heterocycles. The van der Waals surface area contributed by atoms with E-state index in [0.717, 1.165) is 0 Å². The summed E-state index contributed by atoms with van der Waals surface area (Å²) in [7, 11) is 0. The van der Waals surface area contributed by atoms with Crippen LogP contribution < -0.4 is 0 Å². The molecule has 0 unspecified atom stereocenters. The summed E-state index contributed by atoms with van der Waals surface area (Å²) in [4.78, 5) is 0. The van der Waals surface area contributed by atoms with Gasteiger partial charge >= 0.3 is 0 Å². The lowest BCUT2D eigenvalue weighted by atomic mass is 9.78. The summed E-state index contributed by atoms with van der Waals surface area (Å²) in [5.41, 5.74) is 13.6. The average Bonchev–Trinajstić information content (AvgIpc) is 2.93. The van der Waals surface area contributed by atoms with E-state index in [1.54, 1.807) is 0 Å². The standard InChI is InChI=1S/C27H32/c1-17-9-11-22(20(4)13-17)26(23-12-10-18(2)14-21(23)5)24-15-19(3)16-25(24)27(6,7)8/h9-16H,1-8H3. The van der Waals surface area contributed by atoms with Crippen molar-refractivity contribution in [3.63, 3.8) is 0 Å². The fraction of sp³-hybridized carbons (Fsp3) is 0.333. The van der Waals surface area contributed by atoms with Crippen molar-refractivity contribution in [1.82, 2.24) is 0 Å². The highest BCUT2D eigenvalue weighted by Crippen LogP contribution is 2.44. The van der Waals surface area contributed by atoms with E-state index in [9.17, 15) is 0 Å². The molecule has 0 spiro atoms. The Morgan fingerprint density at radius 3 is 1.56 bits per heavy atom. The molecular weight excluding hydrogens is 324 g/mol. The first-order chi connectivity index (χ1) is 12.6. The van der Waals surface area contributed by atoms with Crippen molar-refractivity contribution < 1.29 is 0 Å². The minimum Gasteiger partial charge on any atom is -0.0587 e. The van der Waals surface area contributed by atoms with Crippen molar-refractivity contribution in [2.75, 3.05) is 0 Å². The van der Waals surface area contributed by atoms with Gasteiger partial charge in [0.1, 0.15) is 0 Å². The summed E-state index contributed by atoms with van der Waals surface area (Å²) in [6.07, 6.45) is 4.73. The Morgan fingerprint density at radius 2 is 1.15 bits per heavy atom. The highest BCUT2D eigenvalue weighted by atomic mass is 14.3. The molecule has 0 heteroatoms. The third-order valence-electron chi connectivity index (χ3n) is 5.41. The average molecular weight is 357 g/mol. The molecule has 0 fully saturated rings. The largest absolute Gasteiger partial charge is 0.0587 e. The van der Waals surface area contributed by atoms with Crippen molar-refractivity contribution in [3.8, 4) is 0 Å². The molecule has 2 aromatic rings. The van der Waals surface area contributed by atoms with Gasteiger partial charge in [-0.3, -0.25) is 0 Å². The molecule has 3 rings (SSSR count). The van der Waals surface area contributed by atoms with E-state index in [1.165, 1.54) is 55.7 Å². The van der Waals surface area contributed by atoms with Gasteiger partial charge in [-0.15, -0.1) is 0 Å². The van der Waals surface area contributed by atoms with Gasteiger partial charge in [-0.1, -0.05) is 86.0 Å². The second kappa shape index (κ2) is 7.00. The van der Waals surface area contributed by atoms with E-state index in [-0.39, 0.29) is 5.41 Å². The fourth-order valence-corrected chi connectivity index (χ4v) is 4.10. The maximum atomic E-state index is 2.37. The Kier molecular flexibility index (Phi) is 5.04. The first kappa shape index (κ1) is 19.4. The van der Waals surface area contributed by atoms with Gasteiger partial charge in [-0.2, -0.15) is 0 Å². The van der Waals surface area contributed by atoms with E-state index in [2.05, 4.69) is 104 Å². The zero-order chi connectivity index (χ0) is 19.9. The van der Waals surface area contributed by atoms with Crippen LogP contribution in [0.5, 0.6) is 0 Å². The SMILES string of the molecule is CC1=CC(=C(c2ccc(C)cc2C)c2ccc(C)cc2C)C(C(C)(C)C)=C1. The highest BCUT2D eigenvalue weighted by molar-refractivity contribution is 5.90. The van der Waals surface area contributed by atoms with Crippen molar-refractivity contribution in [2.24, 2.45) is 5.41 Å². The predicted octanol–water partition coefficient (Wildman–Crippen LogP) is 7.65. The number of hydrogen-bond donors (Lipinski definition) is 0. The van der Waals surface area contributed by atoms with Crippen molar-refractivity contribution in [2.45, 2.75) is 55.4 Å². The normalized spacial score (nSPS) is 14.3. The molecule has 0 amide bonds. The fourth-order valence-electron chi connectivity index (χ4n) is 4.10. The number of benzene rings is 2. The van der Waals surface area contributed by atoms with Crippen molar-refractivity contribution >= 4 is 5.57 Å². The Bertz CT molecular complexity index is 932. The molecule has 0 saturated carbocycles. The molecule has 0 nitrogen and oxygen atoms in total. The molecule has 0 bridgehead atoms. The molecule has 0 atom stereocenters. The summed E-state index contributed by atoms with van der Waals surface area (Å²) in [6.45, 7) is 17.9. The van der Waals surface area contributed by atoms with Gasteiger partial charge in [0.05, 0.1) is 0 Å². The van der Waals surface area contributed by atoms with Gasteiger partial charge < -0.3 is 0 Å². The van der Waals surface area contributed by atoms with Gasteiger partial charge in [0, 0.05) is 0 Å². The lowest BCUT2D eigenvalue weighted by molar-refractivity contribution is 0.514. The molecule has 0 N–H and O–H groups in total. The minimum atomic E-state index is 0.103. The number of aryl methyl sites for hydroxylation is 4. The second-order valence-electron chi connectivity index (χ2n) is 9.12. The maximum absolute atomic E-state index is 2.37. The summed E-state index contributed by atoms with van der Waals surface area (Å²) < 4.78 is 0. The van der Waals surface area contributed by atoms with Gasteiger partial charge in [0.25, 0.3) is 0 Å². The molecule has 0 aromatic heterocycles. The quantitative estimate of drug-likeness (QED) is 0.518. The molecule has 1 aliphatic carbocycles. The second-order valence-corrected chi connectivity index (χ2v) is 9.12.